The third-order valence-corrected chi connectivity index (χ3v) is 3.97. The van der Waals surface area contributed by atoms with Gasteiger partial charge in [0.2, 0.25) is 0 Å². The fraction of sp³-hybridized carbons (Fsp3) is 0.625. The molecule has 3 atom stereocenters. The third kappa shape index (κ3) is 3.05. The minimum absolute atomic E-state index is 0.359. The summed E-state index contributed by atoms with van der Waals surface area (Å²) in [6.45, 7) is 9.92. The van der Waals surface area contributed by atoms with E-state index in [-0.39, 0.29) is 0 Å². The highest BCUT2D eigenvalue weighted by atomic mass is 16.5. The average molecular weight is 247 g/mol. The van der Waals surface area contributed by atoms with Gasteiger partial charge in [-0.15, -0.1) is 0 Å². The fourth-order valence-electron chi connectivity index (χ4n) is 2.72. The molecule has 3 unspecified atom stereocenters. The molecule has 18 heavy (non-hydrogen) atoms. The van der Waals surface area contributed by atoms with Gasteiger partial charge >= 0.3 is 0 Å². The Hall–Kier alpha value is -1.02. The molecule has 0 radical (unpaired) electrons. The Morgan fingerprint density at radius 2 is 2.17 bits per heavy atom. The lowest BCUT2D eigenvalue weighted by Gasteiger charge is -2.23. The Labute approximate surface area is 111 Å². The van der Waals surface area contributed by atoms with Crippen molar-refractivity contribution in [2.24, 2.45) is 5.92 Å². The van der Waals surface area contributed by atoms with Crippen LogP contribution >= 0.6 is 0 Å². The zero-order chi connectivity index (χ0) is 13.1. The molecule has 1 heterocycles. The topological polar surface area (TPSA) is 21.3 Å². The Bertz CT molecular complexity index is 402. The van der Waals surface area contributed by atoms with E-state index in [4.69, 9.17) is 4.74 Å². The van der Waals surface area contributed by atoms with Crippen LogP contribution in [0.15, 0.2) is 18.2 Å². The molecule has 0 saturated heterocycles. The van der Waals surface area contributed by atoms with Crippen LogP contribution in [0.2, 0.25) is 0 Å². The van der Waals surface area contributed by atoms with Crippen molar-refractivity contribution in [3.63, 3.8) is 0 Å². The molecule has 2 rings (SSSR count). The number of hydrogen-bond acceptors (Lipinski definition) is 2. The number of nitrogens with one attached hydrogen (secondary N) is 1. The van der Waals surface area contributed by atoms with Crippen molar-refractivity contribution >= 4 is 0 Å². The van der Waals surface area contributed by atoms with E-state index in [1.165, 1.54) is 11.1 Å². The zero-order valence-corrected chi connectivity index (χ0v) is 12.0. The molecule has 1 aliphatic rings. The van der Waals surface area contributed by atoms with Gasteiger partial charge in [0.05, 0.1) is 0 Å². The summed E-state index contributed by atoms with van der Waals surface area (Å²) >= 11 is 0. The van der Waals surface area contributed by atoms with Crippen molar-refractivity contribution in [3.05, 3.63) is 29.3 Å². The van der Waals surface area contributed by atoms with Crippen molar-refractivity contribution in [2.75, 3.05) is 6.54 Å². The average Bonchev–Trinajstić information content (AvgIpc) is 2.70. The van der Waals surface area contributed by atoms with Gasteiger partial charge in [0.15, 0.2) is 0 Å². The van der Waals surface area contributed by atoms with E-state index in [0.717, 1.165) is 25.1 Å². The molecule has 100 valence electrons. The standard InChI is InChI=1S/C16H25NO/c1-5-17-13(4)12(3)9-15-10-14-8-11(2)6-7-16(14)18-15/h6-8,12-13,15,17H,5,9-10H2,1-4H3. The van der Waals surface area contributed by atoms with Crippen LogP contribution in [0, 0.1) is 12.8 Å². The van der Waals surface area contributed by atoms with Crippen molar-refractivity contribution in [1.29, 1.82) is 0 Å². The van der Waals surface area contributed by atoms with Crippen LogP contribution in [0.25, 0.3) is 0 Å². The predicted octanol–water partition coefficient (Wildman–Crippen LogP) is 3.32. The molecule has 2 nitrogen and oxygen atoms in total. The van der Waals surface area contributed by atoms with E-state index in [2.05, 4.69) is 51.2 Å². The minimum Gasteiger partial charge on any atom is -0.490 e. The Kier molecular flexibility index (Phi) is 4.28. The van der Waals surface area contributed by atoms with Gasteiger partial charge in [-0.25, -0.2) is 0 Å². The number of benzene rings is 1. The highest BCUT2D eigenvalue weighted by Gasteiger charge is 2.25. The summed E-state index contributed by atoms with van der Waals surface area (Å²) in [5.74, 6) is 1.74. The van der Waals surface area contributed by atoms with Crippen LogP contribution in [0.5, 0.6) is 5.75 Å². The van der Waals surface area contributed by atoms with E-state index in [1.54, 1.807) is 0 Å². The van der Waals surface area contributed by atoms with Crippen molar-refractivity contribution in [3.8, 4) is 5.75 Å². The predicted molar refractivity (Wildman–Crippen MR) is 76.2 cm³/mol. The second-order valence-corrected chi connectivity index (χ2v) is 5.61. The number of hydrogen-bond donors (Lipinski definition) is 1. The first-order valence-corrected chi connectivity index (χ1v) is 7.09. The number of rotatable bonds is 5. The van der Waals surface area contributed by atoms with E-state index in [9.17, 15) is 0 Å². The lowest BCUT2D eigenvalue weighted by atomic mass is 9.94. The lowest BCUT2D eigenvalue weighted by Crippen LogP contribution is -2.34. The number of aryl methyl sites for hydroxylation is 1. The minimum atomic E-state index is 0.359. The normalized spacial score (nSPS) is 21.2. The summed E-state index contributed by atoms with van der Waals surface area (Å²) in [6.07, 6.45) is 2.56. The van der Waals surface area contributed by atoms with Crippen LogP contribution in [0.4, 0.5) is 0 Å². The molecule has 1 aromatic rings. The van der Waals surface area contributed by atoms with Crippen LogP contribution in [-0.2, 0) is 6.42 Å². The van der Waals surface area contributed by atoms with Crippen molar-refractivity contribution in [2.45, 2.75) is 52.7 Å². The second-order valence-electron chi connectivity index (χ2n) is 5.61. The van der Waals surface area contributed by atoms with Gasteiger partial charge in [0.1, 0.15) is 11.9 Å². The summed E-state index contributed by atoms with van der Waals surface area (Å²) < 4.78 is 6.03. The van der Waals surface area contributed by atoms with E-state index >= 15 is 0 Å². The smallest absolute Gasteiger partial charge is 0.123 e. The van der Waals surface area contributed by atoms with Gasteiger partial charge in [-0.1, -0.05) is 31.5 Å². The molecular formula is C16H25NO. The first-order valence-electron chi connectivity index (χ1n) is 7.09. The van der Waals surface area contributed by atoms with Crippen molar-refractivity contribution < 1.29 is 4.74 Å². The quantitative estimate of drug-likeness (QED) is 0.862. The monoisotopic (exact) mass is 247 g/mol. The Morgan fingerprint density at radius 1 is 1.39 bits per heavy atom. The molecule has 0 spiro atoms. The van der Waals surface area contributed by atoms with Crippen LogP contribution in [-0.4, -0.2) is 18.7 Å². The van der Waals surface area contributed by atoms with Gasteiger partial charge in [-0.3, -0.25) is 0 Å². The molecule has 0 bridgehead atoms. The highest BCUT2D eigenvalue weighted by Crippen LogP contribution is 2.32. The molecule has 1 aromatic carbocycles. The molecule has 1 aliphatic heterocycles. The second kappa shape index (κ2) is 5.75. The maximum absolute atomic E-state index is 6.03. The third-order valence-electron chi connectivity index (χ3n) is 3.97. The summed E-state index contributed by atoms with van der Waals surface area (Å²) in [5.41, 5.74) is 2.70. The molecule has 0 fully saturated rings. The SMILES string of the molecule is CCNC(C)C(C)CC1Cc2cc(C)ccc2O1. The maximum Gasteiger partial charge on any atom is 0.123 e. The van der Waals surface area contributed by atoms with Crippen LogP contribution in [0.1, 0.15) is 38.3 Å². The van der Waals surface area contributed by atoms with E-state index < -0.39 is 0 Å². The maximum atomic E-state index is 6.03. The fourth-order valence-corrected chi connectivity index (χ4v) is 2.72. The first kappa shape index (κ1) is 13.4. The van der Waals surface area contributed by atoms with Crippen LogP contribution in [0.3, 0.4) is 0 Å². The highest BCUT2D eigenvalue weighted by molar-refractivity contribution is 5.40. The van der Waals surface area contributed by atoms with Crippen LogP contribution < -0.4 is 10.1 Å². The molecule has 0 aromatic heterocycles. The van der Waals surface area contributed by atoms with E-state index in [1.807, 2.05) is 0 Å². The summed E-state index contributed by atoms with van der Waals surface area (Å²) in [5, 5.41) is 3.49. The number of fused-ring (bicyclic) bond motifs is 1. The van der Waals surface area contributed by atoms with Gasteiger partial charge in [0, 0.05) is 12.5 Å². The molecule has 0 saturated carbocycles. The Morgan fingerprint density at radius 3 is 2.89 bits per heavy atom. The molecular weight excluding hydrogens is 222 g/mol. The first-order chi connectivity index (χ1) is 8.60. The molecule has 2 heteroatoms. The van der Waals surface area contributed by atoms with Gasteiger partial charge in [0.25, 0.3) is 0 Å². The lowest BCUT2D eigenvalue weighted by molar-refractivity contribution is 0.185. The largest absolute Gasteiger partial charge is 0.490 e. The van der Waals surface area contributed by atoms with Gasteiger partial charge < -0.3 is 10.1 Å². The van der Waals surface area contributed by atoms with Gasteiger partial charge in [-0.05, 0) is 44.4 Å². The summed E-state index contributed by atoms with van der Waals surface area (Å²) in [4.78, 5) is 0. The van der Waals surface area contributed by atoms with Gasteiger partial charge in [-0.2, -0.15) is 0 Å². The zero-order valence-electron chi connectivity index (χ0n) is 12.0. The number of ether oxygens (including phenoxy) is 1. The van der Waals surface area contributed by atoms with Crippen molar-refractivity contribution in [1.82, 2.24) is 5.32 Å². The van der Waals surface area contributed by atoms with E-state index in [0.29, 0.717) is 18.1 Å². The molecule has 0 aliphatic carbocycles. The summed E-state index contributed by atoms with van der Waals surface area (Å²) in [7, 11) is 0. The molecule has 1 N–H and O–H groups in total. The molecule has 0 amide bonds. The summed E-state index contributed by atoms with van der Waals surface area (Å²) in [6, 6.07) is 7.06. The Balaban J connectivity index is 1.91.